The molecule has 1 aliphatic heterocycles. The van der Waals surface area contributed by atoms with Crippen LogP contribution < -0.4 is 15.5 Å². The van der Waals surface area contributed by atoms with Crippen LogP contribution in [0.4, 0.5) is 20.8 Å². The van der Waals surface area contributed by atoms with E-state index in [0.717, 1.165) is 31.2 Å². The summed E-state index contributed by atoms with van der Waals surface area (Å²) >= 11 is 1.51. The van der Waals surface area contributed by atoms with E-state index >= 15 is 0 Å². The quantitative estimate of drug-likeness (QED) is 0.596. The van der Waals surface area contributed by atoms with E-state index in [0.29, 0.717) is 35.0 Å². The number of carbonyl (C=O) groups is 1. The summed E-state index contributed by atoms with van der Waals surface area (Å²) in [6.07, 6.45) is 5.31. The molecular formula is C25H31FN4O2S. The first kappa shape index (κ1) is 23.5. The number of nitrogens with zero attached hydrogens (tertiary/aromatic N) is 2. The summed E-state index contributed by atoms with van der Waals surface area (Å²) in [4.78, 5) is 16.1. The molecule has 33 heavy (non-hydrogen) atoms. The molecule has 0 radical (unpaired) electrons. The maximum Gasteiger partial charge on any atom is 0.247 e. The van der Waals surface area contributed by atoms with E-state index < -0.39 is 6.04 Å². The minimum absolute atomic E-state index is 0.0419. The highest BCUT2D eigenvalue weighted by molar-refractivity contribution is 7.16. The molecule has 1 aromatic carbocycles. The molecule has 1 aliphatic carbocycles. The number of fused-ring (bicyclic) bond motifs is 1. The number of rotatable bonds is 5. The molecular weight excluding hydrogens is 439 g/mol. The topological polar surface area (TPSA) is 77.4 Å². The molecule has 0 saturated carbocycles. The third kappa shape index (κ3) is 5.31. The first-order chi connectivity index (χ1) is 15.9. The number of hydrogen-bond donors (Lipinski definition) is 2. The Labute approximate surface area is 198 Å². The summed E-state index contributed by atoms with van der Waals surface area (Å²) in [7, 11) is 0. The van der Waals surface area contributed by atoms with Gasteiger partial charge in [-0.1, -0.05) is 6.42 Å². The number of carbonyl (C=O) groups excluding carboxylic acids is 1. The molecule has 1 amide bonds. The van der Waals surface area contributed by atoms with E-state index in [2.05, 4.69) is 16.7 Å². The Morgan fingerprint density at radius 2 is 1.97 bits per heavy atom. The predicted molar refractivity (Wildman–Crippen MR) is 131 cm³/mol. The van der Waals surface area contributed by atoms with Gasteiger partial charge in [-0.2, -0.15) is 5.26 Å². The SMILES string of the molecule is CC1CN(c2ccc(NC(C)C(=O)Nc3sc4c(c3C#N)CCCCC4)cc2F)CC(C)O1. The van der Waals surface area contributed by atoms with Gasteiger partial charge in [0, 0.05) is 23.7 Å². The Hall–Kier alpha value is -2.63. The fourth-order valence-electron chi connectivity index (χ4n) is 4.71. The Morgan fingerprint density at radius 3 is 2.67 bits per heavy atom. The van der Waals surface area contributed by atoms with Gasteiger partial charge in [-0.05, 0) is 70.2 Å². The van der Waals surface area contributed by atoms with Crippen LogP contribution in [-0.4, -0.2) is 37.2 Å². The van der Waals surface area contributed by atoms with Crippen molar-refractivity contribution in [2.24, 2.45) is 0 Å². The normalized spacial score (nSPS) is 21.5. The molecule has 0 bridgehead atoms. The smallest absolute Gasteiger partial charge is 0.247 e. The number of thiophene rings is 1. The van der Waals surface area contributed by atoms with Gasteiger partial charge in [0.25, 0.3) is 0 Å². The predicted octanol–water partition coefficient (Wildman–Crippen LogP) is 5.08. The number of ether oxygens (including phenoxy) is 1. The molecule has 1 saturated heterocycles. The van der Waals surface area contributed by atoms with Gasteiger partial charge in [0.2, 0.25) is 5.91 Å². The maximum absolute atomic E-state index is 14.9. The number of anilines is 3. The van der Waals surface area contributed by atoms with E-state index in [1.54, 1.807) is 19.1 Å². The average Bonchev–Trinajstić information content (AvgIpc) is 2.92. The van der Waals surface area contributed by atoms with Crippen LogP contribution in [0.25, 0.3) is 0 Å². The number of benzene rings is 1. The lowest BCUT2D eigenvalue weighted by Crippen LogP contribution is -2.45. The average molecular weight is 471 g/mol. The number of morpholine rings is 1. The van der Waals surface area contributed by atoms with Crippen LogP contribution >= 0.6 is 11.3 Å². The second-order valence-electron chi connectivity index (χ2n) is 9.06. The highest BCUT2D eigenvalue weighted by Gasteiger charge is 2.25. The van der Waals surface area contributed by atoms with Gasteiger partial charge in [-0.3, -0.25) is 4.79 Å². The fourth-order valence-corrected chi connectivity index (χ4v) is 5.96. The Balaban J connectivity index is 1.42. The number of hydrogen-bond acceptors (Lipinski definition) is 6. The standard InChI is InChI=1S/C25H31FN4O2S/c1-15-13-30(14-16(2)32-15)22-10-9-18(11-21(22)26)28-17(3)24(31)29-25-20(12-27)19-7-5-4-6-8-23(19)33-25/h9-11,15-17,28H,4-8,13-14H2,1-3H3,(H,29,31). The molecule has 2 aromatic rings. The van der Waals surface area contributed by atoms with E-state index in [4.69, 9.17) is 4.74 Å². The van der Waals surface area contributed by atoms with E-state index in [1.165, 1.54) is 28.7 Å². The molecule has 0 spiro atoms. The van der Waals surface area contributed by atoms with Crippen molar-refractivity contribution in [1.82, 2.24) is 0 Å². The van der Waals surface area contributed by atoms with Crippen molar-refractivity contribution < 1.29 is 13.9 Å². The number of nitriles is 1. The molecule has 6 nitrogen and oxygen atoms in total. The summed E-state index contributed by atoms with van der Waals surface area (Å²) in [5.74, 6) is -0.578. The zero-order chi connectivity index (χ0) is 23.5. The van der Waals surface area contributed by atoms with Gasteiger partial charge in [0.05, 0.1) is 23.5 Å². The van der Waals surface area contributed by atoms with Gasteiger partial charge in [0.1, 0.15) is 22.9 Å². The van der Waals surface area contributed by atoms with Gasteiger partial charge in [0.15, 0.2) is 0 Å². The van der Waals surface area contributed by atoms with Crippen LogP contribution in [0.15, 0.2) is 18.2 Å². The zero-order valence-electron chi connectivity index (χ0n) is 19.4. The van der Waals surface area contributed by atoms with Gasteiger partial charge >= 0.3 is 0 Å². The highest BCUT2D eigenvalue weighted by atomic mass is 32.1. The molecule has 2 heterocycles. The lowest BCUT2D eigenvalue weighted by Gasteiger charge is -2.37. The van der Waals surface area contributed by atoms with Crippen LogP contribution in [0.1, 0.15) is 56.0 Å². The summed E-state index contributed by atoms with van der Waals surface area (Å²) in [6, 6.07) is 6.67. The molecule has 3 atom stereocenters. The largest absolute Gasteiger partial charge is 0.374 e. The number of amides is 1. The molecule has 4 rings (SSSR count). The summed E-state index contributed by atoms with van der Waals surface area (Å²) in [5, 5.41) is 16.3. The first-order valence-corrected chi connectivity index (χ1v) is 12.5. The Bertz CT molecular complexity index is 1050. The maximum atomic E-state index is 14.9. The minimum Gasteiger partial charge on any atom is -0.374 e. The summed E-state index contributed by atoms with van der Waals surface area (Å²) in [6.45, 7) is 6.98. The monoisotopic (exact) mass is 470 g/mol. The van der Waals surface area contributed by atoms with Crippen LogP contribution in [0, 0.1) is 17.1 Å². The molecule has 176 valence electrons. The molecule has 1 aromatic heterocycles. The van der Waals surface area contributed by atoms with Gasteiger partial charge in [-0.25, -0.2) is 4.39 Å². The first-order valence-electron chi connectivity index (χ1n) is 11.7. The van der Waals surface area contributed by atoms with Crippen LogP contribution in [-0.2, 0) is 22.4 Å². The van der Waals surface area contributed by atoms with Crippen LogP contribution in [0.2, 0.25) is 0 Å². The van der Waals surface area contributed by atoms with E-state index in [1.807, 2.05) is 18.7 Å². The third-order valence-electron chi connectivity index (χ3n) is 6.25. The Morgan fingerprint density at radius 1 is 1.24 bits per heavy atom. The number of halogens is 1. The van der Waals surface area contributed by atoms with Gasteiger partial charge < -0.3 is 20.3 Å². The zero-order valence-corrected chi connectivity index (χ0v) is 20.2. The van der Waals surface area contributed by atoms with Crippen molar-refractivity contribution in [2.75, 3.05) is 28.6 Å². The van der Waals surface area contributed by atoms with Crippen molar-refractivity contribution in [2.45, 2.75) is 71.1 Å². The van der Waals surface area contributed by atoms with Crippen molar-refractivity contribution in [1.29, 1.82) is 5.26 Å². The Kier molecular flexibility index (Phi) is 7.20. The lowest BCUT2D eigenvalue weighted by atomic mass is 10.1. The van der Waals surface area contributed by atoms with Crippen molar-refractivity contribution in [3.05, 3.63) is 40.0 Å². The third-order valence-corrected chi connectivity index (χ3v) is 7.46. The van der Waals surface area contributed by atoms with Crippen LogP contribution in [0.3, 0.4) is 0 Å². The van der Waals surface area contributed by atoms with Gasteiger partial charge in [-0.15, -0.1) is 11.3 Å². The molecule has 1 fully saturated rings. The van der Waals surface area contributed by atoms with Crippen molar-refractivity contribution in [3.8, 4) is 6.07 Å². The summed E-state index contributed by atoms with van der Waals surface area (Å²) < 4.78 is 20.6. The second kappa shape index (κ2) is 10.1. The van der Waals surface area contributed by atoms with E-state index in [9.17, 15) is 14.4 Å². The number of aryl methyl sites for hydroxylation is 1. The highest BCUT2D eigenvalue weighted by Crippen LogP contribution is 2.37. The molecule has 2 aliphatic rings. The van der Waals surface area contributed by atoms with E-state index in [-0.39, 0.29) is 23.9 Å². The number of nitrogens with one attached hydrogen (secondary N) is 2. The lowest BCUT2D eigenvalue weighted by molar-refractivity contribution is -0.116. The summed E-state index contributed by atoms with van der Waals surface area (Å²) in [5.41, 5.74) is 2.77. The van der Waals surface area contributed by atoms with Crippen LogP contribution in [0.5, 0.6) is 0 Å². The minimum atomic E-state index is -0.591. The molecule has 8 heteroatoms. The molecule has 2 N–H and O–H groups in total. The second-order valence-corrected chi connectivity index (χ2v) is 10.2. The van der Waals surface area contributed by atoms with Crippen molar-refractivity contribution in [3.63, 3.8) is 0 Å². The fraction of sp³-hybridized carbons (Fsp3) is 0.520. The molecule has 3 unspecified atom stereocenters. The van der Waals surface area contributed by atoms with Crippen molar-refractivity contribution >= 4 is 33.6 Å².